The van der Waals surface area contributed by atoms with Crippen molar-refractivity contribution in [1.29, 1.82) is 0 Å². The summed E-state index contributed by atoms with van der Waals surface area (Å²) in [6.45, 7) is 0.186. The molecular formula is C42H47IN4O17. The molecule has 3 rings (SSSR count). The van der Waals surface area contributed by atoms with Crippen molar-refractivity contribution >= 4 is 93.5 Å². The van der Waals surface area contributed by atoms with Crippen LogP contribution in [0.4, 0.5) is 0 Å². The largest absolute Gasteiger partial charge is 0.481 e. The molecule has 4 atom stereocenters. The lowest BCUT2D eigenvalue weighted by Gasteiger charge is -2.24. The Balaban J connectivity index is 1.72. The van der Waals surface area contributed by atoms with Gasteiger partial charge in [-0.15, -0.1) is 5.06 Å². The van der Waals surface area contributed by atoms with Crippen LogP contribution >= 0.6 is 22.6 Å². The summed E-state index contributed by atoms with van der Waals surface area (Å²) in [5, 5.41) is 45.7. The molecule has 1 heterocycles. The molecule has 21 nitrogen and oxygen atoms in total. The standard InChI is InChI=1S/C42H47IN4O17/c43-28-8-4-6-24(20-28)38(58)44-18-2-1-9-30(41(61)62)46-40(60)26(11-16-36(54)55)22-32(49)29(12-17-37(56)57)45-39(59)25(10-15-35(52)53)21-31(48)23-5-3-7-27(19-23)42(63)64-47-33(50)13-14-34(47)51/h3-8,19-20,25-26,29-30H,1-2,9-18,21-22H2,(H,44,58)(H,45,59)(H,46,60)(H,52,53)(H,54,55)(H,56,57)(H,61,62)/t25-,26-,29+,30+/m0/s1. The van der Waals surface area contributed by atoms with E-state index in [4.69, 9.17) is 4.84 Å². The number of carboxylic acids is 4. The van der Waals surface area contributed by atoms with Crippen molar-refractivity contribution in [2.24, 2.45) is 11.8 Å². The molecule has 1 saturated heterocycles. The van der Waals surface area contributed by atoms with Gasteiger partial charge in [0, 0.05) is 78.0 Å². The van der Waals surface area contributed by atoms with Gasteiger partial charge in [-0.2, -0.15) is 0 Å². The van der Waals surface area contributed by atoms with Gasteiger partial charge in [0.2, 0.25) is 11.8 Å². The van der Waals surface area contributed by atoms with E-state index in [-0.39, 0.29) is 49.3 Å². The Morgan fingerprint density at radius 3 is 1.75 bits per heavy atom. The Morgan fingerprint density at radius 2 is 1.17 bits per heavy atom. The molecule has 1 aliphatic heterocycles. The van der Waals surface area contributed by atoms with Crippen LogP contribution < -0.4 is 16.0 Å². The fourth-order valence-corrected chi connectivity index (χ4v) is 6.96. The van der Waals surface area contributed by atoms with E-state index in [1.807, 2.05) is 6.07 Å². The monoisotopic (exact) mass is 1010 g/mol. The Labute approximate surface area is 378 Å². The van der Waals surface area contributed by atoms with Gasteiger partial charge in [0.1, 0.15) is 6.04 Å². The van der Waals surface area contributed by atoms with E-state index in [9.17, 15) is 78.0 Å². The molecule has 0 aliphatic carbocycles. The number of imide groups is 1. The minimum Gasteiger partial charge on any atom is -0.481 e. The van der Waals surface area contributed by atoms with Gasteiger partial charge >= 0.3 is 29.8 Å². The lowest BCUT2D eigenvalue weighted by Crippen LogP contribution is -2.47. The molecular weight excluding hydrogens is 959 g/mol. The molecule has 0 saturated carbocycles. The fraction of sp³-hybridized carbons (Fsp3) is 0.429. The van der Waals surface area contributed by atoms with Crippen LogP contribution in [-0.2, 0) is 48.0 Å². The summed E-state index contributed by atoms with van der Waals surface area (Å²) in [6, 6.07) is 8.53. The number of rotatable bonds is 28. The number of nitrogens with zero attached hydrogens (tertiary/aromatic N) is 1. The minimum atomic E-state index is -1.65. The third-order valence-corrected chi connectivity index (χ3v) is 10.6. The van der Waals surface area contributed by atoms with E-state index in [2.05, 4.69) is 38.5 Å². The molecule has 0 unspecified atom stereocenters. The van der Waals surface area contributed by atoms with Crippen LogP contribution in [0.25, 0.3) is 0 Å². The van der Waals surface area contributed by atoms with E-state index < -0.39 is 140 Å². The summed E-state index contributed by atoms with van der Waals surface area (Å²) in [7, 11) is 0. The molecule has 0 radical (unpaired) electrons. The summed E-state index contributed by atoms with van der Waals surface area (Å²) < 4.78 is 0.850. The van der Waals surface area contributed by atoms with Gasteiger partial charge in [0.05, 0.1) is 11.6 Å². The minimum absolute atomic E-state index is 0.109. The quantitative estimate of drug-likeness (QED) is 0.0279. The zero-order valence-electron chi connectivity index (χ0n) is 34.2. The van der Waals surface area contributed by atoms with Crippen LogP contribution in [0.3, 0.4) is 0 Å². The number of hydroxylamine groups is 2. The van der Waals surface area contributed by atoms with Crippen LogP contribution in [0.1, 0.15) is 115 Å². The number of amides is 5. The Morgan fingerprint density at radius 1 is 0.641 bits per heavy atom. The number of nitrogens with one attached hydrogen (secondary N) is 3. The lowest BCUT2D eigenvalue weighted by molar-refractivity contribution is -0.172. The Bertz CT molecular complexity index is 2130. The highest BCUT2D eigenvalue weighted by molar-refractivity contribution is 14.1. The van der Waals surface area contributed by atoms with E-state index in [0.717, 1.165) is 9.64 Å². The fourth-order valence-electron chi connectivity index (χ4n) is 6.41. The van der Waals surface area contributed by atoms with Gasteiger partial charge in [-0.25, -0.2) is 9.59 Å². The van der Waals surface area contributed by atoms with Crippen molar-refractivity contribution in [2.75, 3.05) is 6.54 Å². The van der Waals surface area contributed by atoms with E-state index in [1.165, 1.54) is 18.2 Å². The predicted octanol–water partition coefficient (Wildman–Crippen LogP) is 2.53. The van der Waals surface area contributed by atoms with Crippen molar-refractivity contribution < 1.29 is 82.8 Å². The molecule has 7 N–H and O–H groups in total. The normalized spacial score (nSPS) is 14.0. The first-order valence-electron chi connectivity index (χ1n) is 20.0. The SMILES string of the molecule is O=C(O)CC[C@@H](CC(=O)[C@@H](CCC(=O)O)NC(=O)[C@@H](CCC(=O)O)CC(=O)c1cccc(C(=O)ON2C(=O)CCC2=O)c1)C(=O)N[C@H](CCCCNC(=O)c1cccc(I)c1)C(=O)O. The lowest BCUT2D eigenvalue weighted by atomic mass is 9.89. The Hall–Kier alpha value is -6.59. The number of benzene rings is 2. The highest BCUT2D eigenvalue weighted by Gasteiger charge is 2.35. The third-order valence-electron chi connectivity index (χ3n) is 9.89. The molecule has 0 bridgehead atoms. The average molecular weight is 1010 g/mol. The van der Waals surface area contributed by atoms with E-state index in [0.29, 0.717) is 17.0 Å². The highest BCUT2D eigenvalue weighted by Crippen LogP contribution is 2.22. The van der Waals surface area contributed by atoms with Crippen molar-refractivity contribution in [3.63, 3.8) is 0 Å². The zero-order chi connectivity index (χ0) is 47.5. The number of halogens is 1. The maximum absolute atomic E-state index is 13.8. The first-order chi connectivity index (χ1) is 30.2. The average Bonchev–Trinajstić information content (AvgIpc) is 3.56. The van der Waals surface area contributed by atoms with Gasteiger partial charge in [0.25, 0.3) is 17.7 Å². The van der Waals surface area contributed by atoms with Gasteiger partial charge in [-0.1, -0.05) is 18.2 Å². The van der Waals surface area contributed by atoms with Crippen LogP contribution in [0.5, 0.6) is 0 Å². The number of Topliss-reactive ketones (excluding diaryl/α,β-unsaturated/α-hetero) is 2. The second kappa shape index (κ2) is 25.5. The molecule has 0 aromatic heterocycles. The Kier molecular flexibility index (Phi) is 20.6. The van der Waals surface area contributed by atoms with Crippen molar-refractivity contribution in [3.05, 3.63) is 68.8 Å². The van der Waals surface area contributed by atoms with E-state index in [1.54, 1.807) is 18.2 Å². The molecule has 22 heteroatoms. The molecule has 2 aromatic carbocycles. The second-order valence-electron chi connectivity index (χ2n) is 14.8. The predicted molar refractivity (Wildman–Crippen MR) is 226 cm³/mol. The van der Waals surface area contributed by atoms with Crippen molar-refractivity contribution in [2.45, 2.75) is 95.6 Å². The molecule has 5 amide bonds. The van der Waals surface area contributed by atoms with Crippen molar-refractivity contribution in [3.8, 4) is 0 Å². The maximum Gasteiger partial charge on any atom is 0.363 e. The van der Waals surface area contributed by atoms with Gasteiger partial charge in [-0.05, 0) is 91.4 Å². The molecule has 1 aliphatic rings. The molecule has 1 fully saturated rings. The second-order valence-corrected chi connectivity index (χ2v) is 16.0. The first-order valence-corrected chi connectivity index (χ1v) is 21.1. The topological polar surface area (TPSA) is 334 Å². The summed E-state index contributed by atoms with van der Waals surface area (Å²) >= 11 is 2.06. The first kappa shape index (κ1) is 51.8. The number of carbonyl (C=O) groups is 12. The van der Waals surface area contributed by atoms with Crippen LogP contribution in [0.2, 0.25) is 0 Å². The number of ketones is 2. The number of aliphatic carboxylic acids is 4. The van der Waals surface area contributed by atoms with Gasteiger partial charge in [-0.3, -0.25) is 47.9 Å². The van der Waals surface area contributed by atoms with Crippen LogP contribution in [0.15, 0.2) is 48.5 Å². The van der Waals surface area contributed by atoms with E-state index >= 15 is 0 Å². The smallest absolute Gasteiger partial charge is 0.363 e. The number of hydrogen-bond acceptors (Lipinski definition) is 13. The maximum atomic E-state index is 13.8. The van der Waals surface area contributed by atoms with Crippen LogP contribution in [0, 0.1) is 15.4 Å². The molecule has 2 aromatic rings. The number of carbonyl (C=O) groups excluding carboxylic acids is 8. The third kappa shape index (κ3) is 17.3. The number of carboxylic acid groups (broad SMARTS) is 4. The summed E-state index contributed by atoms with van der Waals surface area (Å²) in [4.78, 5) is 155. The number of unbranched alkanes of at least 4 members (excludes halogenated alkanes) is 1. The van der Waals surface area contributed by atoms with Crippen molar-refractivity contribution in [1.82, 2.24) is 21.0 Å². The zero-order valence-corrected chi connectivity index (χ0v) is 36.4. The summed E-state index contributed by atoms with van der Waals surface area (Å²) in [5.74, 6) is -15.2. The summed E-state index contributed by atoms with van der Waals surface area (Å²) in [6.07, 6.45) is -4.77. The molecule has 0 spiro atoms. The van der Waals surface area contributed by atoms with Crippen LogP contribution in [-0.4, -0.2) is 115 Å². The number of hydrogen-bond donors (Lipinski definition) is 7. The highest BCUT2D eigenvalue weighted by atomic mass is 127. The summed E-state index contributed by atoms with van der Waals surface area (Å²) in [5.41, 5.74) is 0.0263. The molecule has 344 valence electrons. The van der Waals surface area contributed by atoms with Gasteiger partial charge in [0.15, 0.2) is 11.6 Å². The molecule has 64 heavy (non-hydrogen) atoms. The van der Waals surface area contributed by atoms with Gasteiger partial charge < -0.3 is 41.2 Å².